The molecule has 0 spiro atoms. The van der Waals surface area contributed by atoms with Crippen LogP contribution in [0.5, 0.6) is 0 Å². The second kappa shape index (κ2) is 6.89. The quantitative estimate of drug-likeness (QED) is 0.677. The van der Waals surface area contributed by atoms with Gasteiger partial charge >= 0.3 is 0 Å². The number of amides is 1. The molecule has 0 aliphatic carbocycles. The fourth-order valence-electron chi connectivity index (χ4n) is 1.10. The van der Waals surface area contributed by atoms with Crippen molar-refractivity contribution in [3.8, 4) is 0 Å². The van der Waals surface area contributed by atoms with Crippen LogP contribution in [-0.4, -0.2) is 37.5 Å². The number of nitrogens with one attached hydrogen (secondary N) is 1. The molecule has 0 aromatic rings. The van der Waals surface area contributed by atoms with Gasteiger partial charge in [-0.25, -0.2) is 0 Å². The minimum atomic E-state index is 0.175. The van der Waals surface area contributed by atoms with Gasteiger partial charge in [0.25, 0.3) is 0 Å². The van der Waals surface area contributed by atoms with Gasteiger partial charge in [0.05, 0.1) is 0 Å². The highest BCUT2D eigenvalue weighted by Crippen LogP contribution is 1.94. The van der Waals surface area contributed by atoms with E-state index in [1.54, 1.807) is 0 Å². The molecule has 1 N–H and O–H groups in total. The van der Waals surface area contributed by atoms with E-state index in [4.69, 9.17) is 0 Å². The lowest BCUT2D eigenvalue weighted by atomic mass is 10.2. The number of carbonyl (C=O) groups is 1. The Morgan fingerprint density at radius 1 is 1.46 bits per heavy atom. The molecule has 78 valence electrons. The molecule has 0 aromatic carbocycles. The monoisotopic (exact) mass is 186 g/mol. The van der Waals surface area contributed by atoms with Crippen molar-refractivity contribution >= 4 is 5.91 Å². The summed E-state index contributed by atoms with van der Waals surface area (Å²) in [6.45, 7) is 5.09. The van der Waals surface area contributed by atoms with E-state index in [-0.39, 0.29) is 5.91 Å². The molecule has 0 aliphatic rings. The van der Waals surface area contributed by atoms with Crippen LogP contribution in [0.2, 0.25) is 0 Å². The molecule has 0 fully saturated rings. The van der Waals surface area contributed by atoms with Crippen LogP contribution in [0.15, 0.2) is 0 Å². The number of hydrogen-bond acceptors (Lipinski definition) is 2. The topological polar surface area (TPSA) is 32.3 Å². The third kappa shape index (κ3) is 7.78. The molecule has 0 rings (SSSR count). The molecule has 0 saturated carbocycles. The fraction of sp³-hybridized carbons (Fsp3) is 0.900. The Balaban J connectivity index is 3.49. The molecular formula is C10H22N2O. The lowest BCUT2D eigenvalue weighted by Crippen LogP contribution is -2.34. The van der Waals surface area contributed by atoms with Crippen LogP contribution in [-0.2, 0) is 4.79 Å². The van der Waals surface area contributed by atoms with Crippen molar-refractivity contribution in [2.45, 2.75) is 39.2 Å². The third-order valence-corrected chi connectivity index (χ3v) is 1.89. The molecule has 1 unspecified atom stereocenters. The highest BCUT2D eigenvalue weighted by molar-refractivity contribution is 5.76. The first-order chi connectivity index (χ1) is 6.06. The lowest BCUT2D eigenvalue weighted by molar-refractivity contribution is -0.121. The largest absolute Gasteiger partial charge is 0.354 e. The van der Waals surface area contributed by atoms with Crippen LogP contribution in [0.1, 0.15) is 33.1 Å². The van der Waals surface area contributed by atoms with Crippen molar-refractivity contribution in [3.63, 3.8) is 0 Å². The number of hydrogen-bond donors (Lipinski definition) is 1. The summed E-state index contributed by atoms with van der Waals surface area (Å²) in [5, 5.41) is 2.97. The third-order valence-electron chi connectivity index (χ3n) is 1.89. The first-order valence-electron chi connectivity index (χ1n) is 5.00. The predicted octanol–water partition coefficient (Wildman–Crippen LogP) is 1.24. The zero-order chi connectivity index (χ0) is 10.3. The SMILES string of the molecule is CCCC(=O)NC(C)CCN(C)C. The average Bonchev–Trinajstić information content (AvgIpc) is 2.01. The first-order valence-corrected chi connectivity index (χ1v) is 5.00. The van der Waals surface area contributed by atoms with Crippen LogP contribution in [0.3, 0.4) is 0 Å². The number of nitrogens with zero attached hydrogens (tertiary/aromatic N) is 1. The number of carbonyl (C=O) groups excluding carboxylic acids is 1. The Hall–Kier alpha value is -0.570. The summed E-state index contributed by atoms with van der Waals surface area (Å²) in [5.74, 6) is 0.175. The van der Waals surface area contributed by atoms with Gasteiger partial charge < -0.3 is 10.2 Å². The Bertz CT molecular complexity index is 146. The minimum Gasteiger partial charge on any atom is -0.354 e. The van der Waals surface area contributed by atoms with Crippen LogP contribution in [0, 0.1) is 0 Å². The van der Waals surface area contributed by atoms with Crippen molar-refractivity contribution in [2.75, 3.05) is 20.6 Å². The van der Waals surface area contributed by atoms with Crippen LogP contribution in [0.25, 0.3) is 0 Å². The van der Waals surface area contributed by atoms with Crippen molar-refractivity contribution in [2.24, 2.45) is 0 Å². The van der Waals surface area contributed by atoms with E-state index in [0.29, 0.717) is 12.5 Å². The molecule has 1 amide bonds. The molecule has 0 bridgehead atoms. The van der Waals surface area contributed by atoms with Gasteiger partial charge in [-0.15, -0.1) is 0 Å². The Morgan fingerprint density at radius 3 is 2.54 bits per heavy atom. The maximum absolute atomic E-state index is 11.2. The molecule has 0 heterocycles. The van der Waals surface area contributed by atoms with E-state index in [0.717, 1.165) is 19.4 Å². The predicted molar refractivity (Wildman–Crippen MR) is 55.7 cm³/mol. The summed E-state index contributed by atoms with van der Waals surface area (Å²) in [7, 11) is 4.08. The molecular weight excluding hydrogens is 164 g/mol. The Labute approximate surface area is 81.5 Å². The highest BCUT2D eigenvalue weighted by Gasteiger charge is 2.05. The molecule has 3 heteroatoms. The fourth-order valence-corrected chi connectivity index (χ4v) is 1.10. The molecule has 0 aromatic heterocycles. The van der Waals surface area contributed by atoms with Gasteiger partial charge in [-0.3, -0.25) is 4.79 Å². The minimum absolute atomic E-state index is 0.175. The van der Waals surface area contributed by atoms with E-state index in [2.05, 4.69) is 17.1 Å². The maximum atomic E-state index is 11.2. The highest BCUT2D eigenvalue weighted by atomic mass is 16.1. The van der Waals surface area contributed by atoms with Crippen LogP contribution < -0.4 is 5.32 Å². The second-order valence-corrected chi connectivity index (χ2v) is 3.81. The summed E-state index contributed by atoms with van der Waals surface area (Å²) < 4.78 is 0. The van der Waals surface area contributed by atoms with E-state index < -0.39 is 0 Å². The molecule has 3 nitrogen and oxygen atoms in total. The zero-order valence-corrected chi connectivity index (χ0v) is 9.26. The summed E-state index contributed by atoms with van der Waals surface area (Å²) in [4.78, 5) is 13.3. The van der Waals surface area contributed by atoms with Gasteiger partial charge in [-0.2, -0.15) is 0 Å². The molecule has 1 atom stereocenters. The van der Waals surface area contributed by atoms with Gasteiger partial charge in [0, 0.05) is 12.5 Å². The van der Waals surface area contributed by atoms with Crippen molar-refractivity contribution in [1.82, 2.24) is 10.2 Å². The van der Waals surface area contributed by atoms with E-state index >= 15 is 0 Å². The summed E-state index contributed by atoms with van der Waals surface area (Å²) in [5.41, 5.74) is 0. The average molecular weight is 186 g/mol. The van der Waals surface area contributed by atoms with Gasteiger partial charge in [0.1, 0.15) is 0 Å². The normalized spacial score (nSPS) is 13.0. The Kier molecular flexibility index (Phi) is 6.59. The standard InChI is InChI=1S/C10H22N2O/c1-5-6-10(13)11-9(2)7-8-12(3)4/h9H,5-8H2,1-4H3,(H,11,13). The molecule has 0 saturated heterocycles. The van der Waals surface area contributed by atoms with Gasteiger partial charge in [-0.1, -0.05) is 6.92 Å². The molecule has 13 heavy (non-hydrogen) atoms. The van der Waals surface area contributed by atoms with E-state index in [1.807, 2.05) is 21.0 Å². The second-order valence-electron chi connectivity index (χ2n) is 3.81. The van der Waals surface area contributed by atoms with Gasteiger partial charge in [0.15, 0.2) is 0 Å². The van der Waals surface area contributed by atoms with Crippen molar-refractivity contribution in [3.05, 3.63) is 0 Å². The van der Waals surface area contributed by atoms with Crippen molar-refractivity contribution < 1.29 is 4.79 Å². The molecule has 0 aliphatic heterocycles. The summed E-state index contributed by atoms with van der Waals surface area (Å²) in [6, 6.07) is 0.293. The number of rotatable bonds is 6. The molecule has 0 radical (unpaired) electrons. The van der Waals surface area contributed by atoms with E-state index in [9.17, 15) is 4.79 Å². The maximum Gasteiger partial charge on any atom is 0.220 e. The lowest BCUT2D eigenvalue weighted by Gasteiger charge is -2.16. The van der Waals surface area contributed by atoms with Crippen molar-refractivity contribution in [1.29, 1.82) is 0 Å². The Morgan fingerprint density at radius 2 is 2.08 bits per heavy atom. The van der Waals surface area contributed by atoms with Crippen LogP contribution >= 0.6 is 0 Å². The van der Waals surface area contributed by atoms with E-state index in [1.165, 1.54) is 0 Å². The van der Waals surface area contributed by atoms with Crippen LogP contribution in [0.4, 0.5) is 0 Å². The van der Waals surface area contributed by atoms with Gasteiger partial charge in [-0.05, 0) is 40.4 Å². The summed E-state index contributed by atoms with van der Waals surface area (Å²) >= 11 is 0. The smallest absolute Gasteiger partial charge is 0.220 e. The summed E-state index contributed by atoms with van der Waals surface area (Å²) in [6.07, 6.45) is 2.58. The zero-order valence-electron chi connectivity index (χ0n) is 9.26. The van der Waals surface area contributed by atoms with Gasteiger partial charge in [0.2, 0.25) is 5.91 Å². The first kappa shape index (κ1) is 12.4.